The minimum atomic E-state index is 0.263. The number of aryl methyl sites for hydroxylation is 1. The van der Waals surface area contributed by atoms with E-state index < -0.39 is 0 Å². The fraction of sp³-hybridized carbons (Fsp3) is 0.609. The van der Waals surface area contributed by atoms with Crippen LogP contribution in [0.5, 0.6) is 0 Å². The Morgan fingerprint density at radius 2 is 1.86 bits per heavy atom. The third-order valence-corrected chi connectivity index (χ3v) is 6.64. The van der Waals surface area contributed by atoms with Gasteiger partial charge in [0.2, 0.25) is 5.91 Å². The van der Waals surface area contributed by atoms with E-state index >= 15 is 0 Å². The van der Waals surface area contributed by atoms with Crippen molar-refractivity contribution in [2.24, 2.45) is 0 Å². The third kappa shape index (κ3) is 3.58. The zero-order chi connectivity index (χ0) is 19.8. The molecule has 0 unspecified atom stereocenters. The van der Waals surface area contributed by atoms with E-state index in [9.17, 15) is 4.79 Å². The Labute approximate surface area is 168 Å². The maximum Gasteiger partial charge on any atom is 0.242 e. The topological polar surface area (TPSA) is 31.7 Å². The lowest BCUT2D eigenvalue weighted by Crippen LogP contribution is -2.48. The van der Waals surface area contributed by atoms with Crippen molar-refractivity contribution < 1.29 is 4.79 Å². The van der Waals surface area contributed by atoms with Gasteiger partial charge in [-0.25, -0.2) is 0 Å². The van der Waals surface area contributed by atoms with Gasteiger partial charge >= 0.3 is 0 Å². The maximum absolute atomic E-state index is 13.1. The van der Waals surface area contributed by atoms with Gasteiger partial charge in [-0.05, 0) is 50.6 Å². The molecule has 1 saturated heterocycles. The second-order valence-electron chi connectivity index (χ2n) is 8.71. The summed E-state index contributed by atoms with van der Waals surface area (Å²) in [7, 11) is 2.13. The van der Waals surface area contributed by atoms with Crippen LogP contribution >= 0.6 is 0 Å². The largest absolute Gasteiger partial charge is 0.339 e. The van der Waals surface area contributed by atoms with Gasteiger partial charge in [0.1, 0.15) is 6.54 Å². The van der Waals surface area contributed by atoms with Crippen molar-refractivity contribution in [2.75, 3.05) is 39.8 Å². The van der Waals surface area contributed by atoms with Gasteiger partial charge in [-0.1, -0.05) is 13.0 Å². The van der Waals surface area contributed by atoms with E-state index in [0.717, 1.165) is 52.1 Å². The van der Waals surface area contributed by atoms with Crippen molar-refractivity contribution in [3.8, 4) is 0 Å². The number of carbonyl (C=O) groups is 1. The molecule has 0 spiro atoms. The first-order valence-electron chi connectivity index (χ1n) is 10.8. The monoisotopic (exact) mass is 382 g/mol. The van der Waals surface area contributed by atoms with Gasteiger partial charge in [0.15, 0.2) is 0 Å². The molecule has 2 aliphatic rings. The van der Waals surface area contributed by atoms with E-state index in [1.54, 1.807) is 0 Å². The number of carbonyl (C=O) groups excluding carboxylic acids is 1. The van der Waals surface area contributed by atoms with Crippen LogP contribution < -0.4 is 0 Å². The molecule has 2 aromatic rings. The summed E-state index contributed by atoms with van der Waals surface area (Å²) < 4.78 is 2.32. The summed E-state index contributed by atoms with van der Waals surface area (Å²) in [6, 6.07) is 7.37. The van der Waals surface area contributed by atoms with E-state index in [4.69, 9.17) is 0 Å². The number of nitrogens with zero attached hydrogens (tertiary/aromatic N) is 4. The Bertz CT molecular complexity index is 861. The minimum absolute atomic E-state index is 0.263. The highest BCUT2D eigenvalue weighted by Gasteiger charge is 2.27. The van der Waals surface area contributed by atoms with Crippen LogP contribution in [0.2, 0.25) is 0 Å². The summed E-state index contributed by atoms with van der Waals surface area (Å²) >= 11 is 0. The molecule has 5 heteroatoms. The number of hydrogen-bond donors (Lipinski definition) is 0. The van der Waals surface area contributed by atoms with Crippen molar-refractivity contribution in [1.29, 1.82) is 0 Å². The fourth-order valence-electron chi connectivity index (χ4n) is 4.65. The van der Waals surface area contributed by atoms with Crippen LogP contribution in [0.25, 0.3) is 10.9 Å². The van der Waals surface area contributed by atoms with E-state index in [1.807, 2.05) is 4.90 Å². The fourth-order valence-corrected chi connectivity index (χ4v) is 4.65. The Morgan fingerprint density at radius 1 is 1.11 bits per heavy atom. The number of piperazine rings is 1. The Kier molecular flexibility index (Phi) is 5.48. The van der Waals surface area contributed by atoms with Crippen molar-refractivity contribution in [1.82, 2.24) is 19.3 Å². The van der Waals surface area contributed by atoms with Crippen LogP contribution in [0.3, 0.4) is 0 Å². The van der Waals surface area contributed by atoms with Crippen molar-refractivity contribution in [3.05, 3.63) is 35.0 Å². The summed E-state index contributed by atoms with van der Waals surface area (Å²) in [6.45, 7) is 12.9. The van der Waals surface area contributed by atoms with Crippen molar-refractivity contribution in [2.45, 2.75) is 52.7 Å². The molecule has 1 aromatic carbocycles. The predicted octanol–water partition coefficient (Wildman–Crippen LogP) is 2.74. The average molecular weight is 383 g/mol. The molecule has 1 aromatic heterocycles. The molecule has 28 heavy (non-hydrogen) atoms. The first-order chi connectivity index (χ1) is 13.5. The quantitative estimate of drug-likeness (QED) is 0.815. The van der Waals surface area contributed by atoms with Gasteiger partial charge in [0.25, 0.3) is 0 Å². The molecular formula is C23H34N4O. The van der Waals surface area contributed by atoms with Crippen LogP contribution in [-0.2, 0) is 30.7 Å². The molecule has 0 atom stereocenters. The summed E-state index contributed by atoms with van der Waals surface area (Å²) in [5.41, 5.74) is 5.42. The first kappa shape index (κ1) is 19.5. The molecular weight excluding hydrogens is 348 g/mol. The SMILES string of the molecule is CCc1ccc2c(c1)c1c(n2CC(=O)N2CCN(C)CC2)CCN(C(C)C)C1. The third-order valence-electron chi connectivity index (χ3n) is 6.64. The molecule has 1 amide bonds. The highest BCUT2D eigenvalue weighted by atomic mass is 16.2. The zero-order valence-electron chi connectivity index (χ0n) is 17.9. The maximum atomic E-state index is 13.1. The molecule has 2 aliphatic heterocycles. The number of likely N-dealkylation sites (N-methyl/N-ethyl adjacent to an activating group) is 1. The van der Waals surface area contributed by atoms with E-state index in [2.05, 4.69) is 60.4 Å². The first-order valence-corrected chi connectivity index (χ1v) is 10.8. The molecule has 3 heterocycles. The number of rotatable bonds is 4. The van der Waals surface area contributed by atoms with Gasteiger partial charge in [-0.15, -0.1) is 0 Å². The van der Waals surface area contributed by atoms with Gasteiger partial charge in [-0.3, -0.25) is 9.69 Å². The van der Waals surface area contributed by atoms with Gasteiger partial charge in [-0.2, -0.15) is 0 Å². The second-order valence-corrected chi connectivity index (χ2v) is 8.71. The summed E-state index contributed by atoms with van der Waals surface area (Å²) in [4.78, 5) is 20.0. The summed E-state index contributed by atoms with van der Waals surface area (Å²) in [5.74, 6) is 0.263. The molecule has 0 radical (unpaired) electrons. The number of fused-ring (bicyclic) bond motifs is 3. The summed E-state index contributed by atoms with van der Waals surface area (Å²) in [6.07, 6.45) is 2.07. The summed E-state index contributed by atoms with van der Waals surface area (Å²) in [5, 5.41) is 1.35. The highest BCUT2D eigenvalue weighted by molar-refractivity contribution is 5.88. The van der Waals surface area contributed by atoms with Crippen LogP contribution in [-0.4, -0.2) is 71.0 Å². The van der Waals surface area contributed by atoms with Crippen molar-refractivity contribution >= 4 is 16.8 Å². The Balaban J connectivity index is 1.69. The standard InChI is InChI=1S/C23H34N4O/c1-5-18-6-7-21-19(14-18)20-15-26(17(2)3)9-8-22(20)27(21)16-23(28)25-12-10-24(4)11-13-25/h6-7,14,17H,5,8-13,15-16H2,1-4H3. The second kappa shape index (κ2) is 7.88. The van der Waals surface area contributed by atoms with Crippen LogP contribution in [0.15, 0.2) is 18.2 Å². The van der Waals surface area contributed by atoms with Crippen LogP contribution in [0.1, 0.15) is 37.6 Å². The molecule has 5 nitrogen and oxygen atoms in total. The van der Waals surface area contributed by atoms with E-state index in [1.165, 1.54) is 27.7 Å². The average Bonchev–Trinajstić information content (AvgIpc) is 3.00. The number of hydrogen-bond acceptors (Lipinski definition) is 3. The Morgan fingerprint density at radius 3 is 2.54 bits per heavy atom. The smallest absolute Gasteiger partial charge is 0.242 e. The normalized spacial score (nSPS) is 18.8. The van der Waals surface area contributed by atoms with Crippen molar-refractivity contribution in [3.63, 3.8) is 0 Å². The van der Waals surface area contributed by atoms with E-state index in [0.29, 0.717) is 12.6 Å². The lowest BCUT2D eigenvalue weighted by Gasteiger charge is -2.33. The predicted molar refractivity (Wildman–Crippen MR) is 115 cm³/mol. The molecule has 0 aliphatic carbocycles. The number of amides is 1. The van der Waals surface area contributed by atoms with E-state index in [-0.39, 0.29) is 5.91 Å². The number of benzene rings is 1. The van der Waals surface area contributed by atoms with Crippen LogP contribution in [0.4, 0.5) is 0 Å². The van der Waals surface area contributed by atoms with Gasteiger partial charge in [0.05, 0.1) is 0 Å². The molecule has 0 N–H and O–H groups in total. The van der Waals surface area contributed by atoms with Gasteiger partial charge in [0, 0.05) is 68.3 Å². The lowest BCUT2D eigenvalue weighted by molar-refractivity contribution is -0.133. The van der Waals surface area contributed by atoms with Crippen LogP contribution in [0, 0.1) is 0 Å². The molecule has 1 fully saturated rings. The molecule has 4 rings (SSSR count). The zero-order valence-corrected chi connectivity index (χ0v) is 17.9. The van der Waals surface area contributed by atoms with Gasteiger partial charge < -0.3 is 14.4 Å². The minimum Gasteiger partial charge on any atom is -0.339 e. The highest BCUT2D eigenvalue weighted by Crippen LogP contribution is 2.32. The number of aromatic nitrogens is 1. The molecule has 0 saturated carbocycles. The molecule has 0 bridgehead atoms. The lowest BCUT2D eigenvalue weighted by atomic mass is 10.0. The molecule has 152 valence electrons. The Hall–Kier alpha value is -1.85.